The van der Waals surface area contributed by atoms with E-state index in [-0.39, 0.29) is 16.5 Å². The number of hydrogen-bond acceptors (Lipinski definition) is 5. The second-order valence-electron chi connectivity index (χ2n) is 4.72. The van der Waals surface area contributed by atoms with Crippen LogP contribution in [-0.2, 0) is 0 Å². The van der Waals surface area contributed by atoms with E-state index in [1.54, 1.807) is 6.07 Å². The molecular weight excluding hydrogens is 316 g/mol. The lowest BCUT2D eigenvalue weighted by molar-refractivity contribution is 0.0728. The molecule has 23 heavy (non-hydrogen) atoms. The van der Waals surface area contributed by atoms with Crippen LogP contribution >= 0.6 is 11.6 Å². The maximum absolute atomic E-state index is 12.0. The van der Waals surface area contributed by atoms with Gasteiger partial charge in [0.1, 0.15) is 23.3 Å². The molecule has 0 bridgehead atoms. The van der Waals surface area contributed by atoms with Gasteiger partial charge in [0, 0.05) is 6.07 Å². The van der Waals surface area contributed by atoms with E-state index in [2.05, 4.69) is 11.9 Å². The molecule has 0 N–H and O–H groups in total. The van der Waals surface area contributed by atoms with E-state index in [0.29, 0.717) is 17.9 Å². The molecule has 0 unspecified atom stereocenters. The largest absolute Gasteiger partial charge is 0.492 e. The first kappa shape index (κ1) is 16.8. The highest BCUT2D eigenvalue weighted by molar-refractivity contribution is 6.31. The van der Waals surface area contributed by atoms with Gasteiger partial charge in [0.2, 0.25) is 0 Å². The Morgan fingerprint density at radius 2 is 2.09 bits per heavy atom. The van der Waals surface area contributed by atoms with Crippen LogP contribution in [-0.4, -0.2) is 17.6 Å². The summed E-state index contributed by atoms with van der Waals surface area (Å²) in [6, 6.07) is 9.55. The number of pyridine rings is 1. The number of benzene rings is 1. The lowest BCUT2D eigenvalue weighted by Crippen LogP contribution is -2.10. The number of esters is 1. The second kappa shape index (κ2) is 8.16. The van der Waals surface area contributed by atoms with Gasteiger partial charge in [-0.1, -0.05) is 24.9 Å². The van der Waals surface area contributed by atoms with Gasteiger partial charge < -0.3 is 9.47 Å². The van der Waals surface area contributed by atoms with Crippen LogP contribution in [0.3, 0.4) is 0 Å². The third kappa shape index (κ3) is 4.70. The minimum absolute atomic E-state index is 0.160. The molecule has 0 spiro atoms. The standard InChI is InChI=1S/C17H15ClN2O3/c1-2-3-8-22-14-6-7-16(20-11-14)17(21)23-13-5-4-12(10-19)15(18)9-13/h4-7,9,11H,2-3,8H2,1H3. The van der Waals surface area contributed by atoms with Crippen LogP contribution in [0.2, 0.25) is 5.02 Å². The number of unbranched alkanes of at least 4 members (excludes halogenated alkanes) is 1. The second-order valence-corrected chi connectivity index (χ2v) is 5.13. The first-order valence-electron chi connectivity index (χ1n) is 7.14. The summed E-state index contributed by atoms with van der Waals surface area (Å²) in [6.45, 7) is 2.70. The van der Waals surface area contributed by atoms with E-state index in [1.165, 1.54) is 30.5 Å². The van der Waals surface area contributed by atoms with Gasteiger partial charge in [-0.2, -0.15) is 5.26 Å². The smallest absolute Gasteiger partial charge is 0.362 e. The maximum Gasteiger partial charge on any atom is 0.362 e. The topological polar surface area (TPSA) is 72.2 Å². The lowest BCUT2D eigenvalue weighted by Gasteiger charge is -2.07. The summed E-state index contributed by atoms with van der Waals surface area (Å²) in [6.07, 6.45) is 3.49. The zero-order valence-corrected chi connectivity index (χ0v) is 13.3. The monoisotopic (exact) mass is 330 g/mol. The molecule has 2 aromatic rings. The average molecular weight is 331 g/mol. The first-order valence-corrected chi connectivity index (χ1v) is 7.52. The van der Waals surface area contributed by atoms with Crippen LogP contribution in [0.1, 0.15) is 35.8 Å². The van der Waals surface area contributed by atoms with Gasteiger partial charge >= 0.3 is 5.97 Å². The molecule has 0 radical (unpaired) electrons. The molecule has 0 fully saturated rings. The summed E-state index contributed by atoms with van der Waals surface area (Å²) in [4.78, 5) is 16.0. The molecule has 0 aliphatic carbocycles. The SMILES string of the molecule is CCCCOc1ccc(C(=O)Oc2ccc(C#N)c(Cl)c2)nc1. The summed E-state index contributed by atoms with van der Waals surface area (Å²) < 4.78 is 10.7. The predicted molar refractivity (Wildman–Crippen MR) is 85.8 cm³/mol. The molecule has 1 heterocycles. The number of aromatic nitrogens is 1. The number of carbonyl (C=O) groups excluding carboxylic acids is 1. The predicted octanol–water partition coefficient (Wildman–Crippen LogP) is 4.00. The Bertz CT molecular complexity index is 724. The summed E-state index contributed by atoms with van der Waals surface area (Å²) in [5.74, 6) is 0.256. The zero-order valence-electron chi connectivity index (χ0n) is 12.6. The number of halogens is 1. The molecule has 0 saturated heterocycles. The number of hydrogen-bond donors (Lipinski definition) is 0. The van der Waals surface area contributed by atoms with Gasteiger partial charge in [-0.15, -0.1) is 0 Å². The molecule has 0 amide bonds. The van der Waals surface area contributed by atoms with E-state index in [4.69, 9.17) is 26.3 Å². The van der Waals surface area contributed by atoms with Crippen molar-refractivity contribution in [1.82, 2.24) is 4.98 Å². The molecule has 1 aromatic carbocycles. The Kier molecular flexibility index (Phi) is 5.95. The molecule has 1 aromatic heterocycles. The fraction of sp³-hybridized carbons (Fsp3) is 0.235. The van der Waals surface area contributed by atoms with Gasteiger partial charge in [0.05, 0.1) is 23.4 Å². The summed E-state index contributed by atoms with van der Waals surface area (Å²) in [7, 11) is 0. The van der Waals surface area contributed by atoms with Gasteiger partial charge in [0.25, 0.3) is 0 Å². The van der Waals surface area contributed by atoms with Gasteiger partial charge in [0.15, 0.2) is 0 Å². The average Bonchev–Trinajstić information content (AvgIpc) is 2.56. The molecule has 118 valence electrons. The third-order valence-electron chi connectivity index (χ3n) is 2.98. The van der Waals surface area contributed by atoms with Gasteiger partial charge in [-0.05, 0) is 30.7 Å². The van der Waals surface area contributed by atoms with Gasteiger partial charge in [-0.25, -0.2) is 9.78 Å². The number of rotatable bonds is 6. The Labute approximate surface area is 139 Å². The molecule has 6 heteroatoms. The summed E-state index contributed by atoms with van der Waals surface area (Å²) in [5, 5.41) is 9.04. The van der Waals surface area contributed by atoms with Crippen LogP contribution in [0, 0.1) is 11.3 Å². The maximum atomic E-state index is 12.0. The molecular formula is C17H15ClN2O3. The highest BCUT2D eigenvalue weighted by Gasteiger charge is 2.11. The minimum Gasteiger partial charge on any atom is -0.492 e. The van der Waals surface area contributed by atoms with Crippen molar-refractivity contribution in [3.63, 3.8) is 0 Å². The van der Waals surface area contributed by atoms with Crippen LogP contribution < -0.4 is 9.47 Å². The quantitative estimate of drug-likeness (QED) is 0.454. The molecule has 0 aliphatic heterocycles. The Morgan fingerprint density at radius 1 is 1.30 bits per heavy atom. The van der Waals surface area contributed by atoms with Crippen LogP contribution in [0.5, 0.6) is 11.5 Å². The van der Waals surface area contributed by atoms with Crippen molar-refractivity contribution in [2.45, 2.75) is 19.8 Å². The number of carbonyl (C=O) groups is 1. The number of nitriles is 1. The highest BCUT2D eigenvalue weighted by atomic mass is 35.5. The molecule has 2 rings (SSSR count). The van der Waals surface area contributed by atoms with E-state index in [0.717, 1.165) is 12.8 Å². The van der Waals surface area contributed by atoms with Crippen molar-refractivity contribution in [1.29, 1.82) is 5.26 Å². The molecule has 0 saturated carbocycles. The fourth-order valence-corrected chi connectivity index (χ4v) is 1.94. The lowest BCUT2D eigenvalue weighted by atomic mass is 10.2. The molecule has 5 nitrogen and oxygen atoms in total. The Morgan fingerprint density at radius 3 is 2.70 bits per heavy atom. The fourth-order valence-electron chi connectivity index (χ4n) is 1.73. The van der Waals surface area contributed by atoms with Crippen LogP contribution in [0.4, 0.5) is 0 Å². The Hall–Kier alpha value is -2.58. The van der Waals surface area contributed by atoms with Crippen LogP contribution in [0.15, 0.2) is 36.5 Å². The molecule has 0 atom stereocenters. The van der Waals surface area contributed by atoms with Crippen LogP contribution in [0.25, 0.3) is 0 Å². The number of nitrogens with zero attached hydrogens (tertiary/aromatic N) is 2. The van der Waals surface area contributed by atoms with E-state index in [1.807, 2.05) is 6.07 Å². The summed E-state index contributed by atoms with van der Waals surface area (Å²) >= 11 is 5.89. The van der Waals surface area contributed by atoms with Crippen molar-refractivity contribution in [3.05, 3.63) is 52.8 Å². The first-order chi connectivity index (χ1) is 11.1. The Balaban J connectivity index is 2.00. The third-order valence-corrected chi connectivity index (χ3v) is 3.30. The van der Waals surface area contributed by atoms with Crippen molar-refractivity contribution >= 4 is 17.6 Å². The normalized spacial score (nSPS) is 9.96. The van der Waals surface area contributed by atoms with Gasteiger partial charge in [-0.3, -0.25) is 0 Å². The van der Waals surface area contributed by atoms with Crippen molar-refractivity contribution < 1.29 is 14.3 Å². The van der Waals surface area contributed by atoms with E-state index in [9.17, 15) is 4.79 Å². The van der Waals surface area contributed by atoms with E-state index < -0.39 is 5.97 Å². The highest BCUT2D eigenvalue weighted by Crippen LogP contribution is 2.22. The van der Waals surface area contributed by atoms with Crippen molar-refractivity contribution in [3.8, 4) is 17.6 Å². The summed E-state index contributed by atoms with van der Waals surface area (Å²) in [5.41, 5.74) is 0.478. The molecule has 0 aliphatic rings. The van der Waals surface area contributed by atoms with Crippen molar-refractivity contribution in [2.75, 3.05) is 6.61 Å². The number of ether oxygens (including phenoxy) is 2. The van der Waals surface area contributed by atoms with E-state index >= 15 is 0 Å². The van der Waals surface area contributed by atoms with Crippen molar-refractivity contribution in [2.24, 2.45) is 0 Å². The minimum atomic E-state index is -0.606. The zero-order chi connectivity index (χ0) is 16.7.